The molecule has 7 nitrogen and oxygen atoms in total. The molecule has 2 rings (SSSR count). The van der Waals surface area contributed by atoms with Crippen molar-refractivity contribution in [1.82, 2.24) is 5.32 Å². The molecule has 19 heavy (non-hydrogen) atoms. The van der Waals surface area contributed by atoms with E-state index in [4.69, 9.17) is 5.84 Å². The second kappa shape index (κ2) is 5.66. The summed E-state index contributed by atoms with van der Waals surface area (Å²) in [5.41, 5.74) is 2.66. The molecular formula is C12H16N4O3. The number of nitrogen functional groups attached to an aromatic ring is 1. The molecule has 102 valence electrons. The summed E-state index contributed by atoms with van der Waals surface area (Å²) in [5.74, 6) is 4.84. The number of nitro benzene ring substituents is 1. The minimum atomic E-state index is -0.566. The highest BCUT2D eigenvalue weighted by molar-refractivity contribution is 5.99. The first kappa shape index (κ1) is 13.3. The molecule has 0 aromatic heterocycles. The molecule has 1 aliphatic rings. The number of amides is 1. The Kier molecular flexibility index (Phi) is 3.96. The van der Waals surface area contributed by atoms with Crippen molar-refractivity contribution in [3.05, 3.63) is 33.9 Å². The summed E-state index contributed by atoms with van der Waals surface area (Å²) in [4.78, 5) is 22.5. The maximum atomic E-state index is 12.1. The Balaban J connectivity index is 2.24. The van der Waals surface area contributed by atoms with Crippen LogP contribution < -0.4 is 16.6 Å². The molecular weight excluding hydrogens is 248 g/mol. The zero-order chi connectivity index (χ0) is 13.8. The Labute approximate surface area is 110 Å². The highest BCUT2D eigenvalue weighted by Crippen LogP contribution is 2.24. The van der Waals surface area contributed by atoms with Crippen molar-refractivity contribution in [2.45, 2.75) is 31.7 Å². The molecule has 0 spiro atoms. The van der Waals surface area contributed by atoms with Gasteiger partial charge in [-0.3, -0.25) is 20.8 Å². The number of nitro groups is 1. The van der Waals surface area contributed by atoms with Gasteiger partial charge in [0.25, 0.3) is 11.6 Å². The van der Waals surface area contributed by atoms with Crippen molar-refractivity contribution in [3.63, 3.8) is 0 Å². The van der Waals surface area contributed by atoms with Crippen molar-refractivity contribution in [3.8, 4) is 0 Å². The zero-order valence-electron chi connectivity index (χ0n) is 10.4. The fourth-order valence-electron chi connectivity index (χ4n) is 2.30. The third-order valence-electron chi connectivity index (χ3n) is 3.29. The van der Waals surface area contributed by atoms with E-state index in [0.717, 1.165) is 25.7 Å². The van der Waals surface area contributed by atoms with Gasteiger partial charge in [-0.2, -0.15) is 0 Å². The van der Waals surface area contributed by atoms with Gasteiger partial charge in [-0.1, -0.05) is 12.8 Å². The summed E-state index contributed by atoms with van der Waals surface area (Å²) in [7, 11) is 0. The highest BCUT2D eigenvalue weighted by Gasteiger charge is 2.24. The van der Waals surface area contributed by atoms with Gasteiger partial charge in [0.15, 0.2) is 0 Å². The van der Waals surface area contributed by atoms with Gasteiger partial charge < -0.3 is 10.7 Å². The standard InChI is InChI=1S/C12H16N4O3/c13-15-9-5-6-11(16(18)19)10(7-9)12(17)14-8-3-1-2-4-8/h5-8,15H,1-4,13H2,(H,14,17). The number of anilines is 1. The van der Waals surface area contributed by atoms with E-state index in [-0.39, 0.29) is 17.3 Å². The third kappa shape index (κ3) is 3.00. The maximum Gasteiger partial charge on any atom is 0.282 e. The van der Waals surface area contributed by atoms with Gasteiger partial charge in [-0.15, -0.1) is 0 Å². The van der Waals surface area contributed by atoms with Crippen LogP contribution in [0.25, 0.3) is 0 Å². The number of hydrogen-bond donors (Lipinski definition) is 3. The quantitative estimate of drug-likeness (QED) is 0.434. The molecule has 0 saturated heterocycles. The molecule has 0 unspecified atom stereocenters. The lowest BCUT2D eigenvalue weighted by atomic mass is 10.1. The number of nitrogens with zero attached hydrogens (tertiary/aromatic N) is 1. The largest absolute Gasteiger partial charge is 0.349 e. The zero-order valence-corrected chi connectivity index (χ0v) is 10.4. The Bertz CT molecular complexity index is 498. The summed E-state index contributed by atoms with van der Waals surface area (Å²) in [6.45, 7) is 0. The molecule has 0 aliphatic heterocycles. The van der Waals surface area contributed by atoms with E-state index in [2.05, 4.69) is 10.7 Å². The molecule has 0 radical (unpaired) electrons. The van der Waals surface area contributed by atoms with E-state index >= 15 is 0 Å². The molecule has 7 heteroatoms. The van der Waals surface area contributed by atoms with Gasteiger partial charge in [0.05, 0.1) is 4.92 Å². The molecule has 1 aliphatic carbocycles. The number of nitrogens with one attached hydrogen (secondary N) is 2. The maximum absolute atomic E-state index is 12.1. The number of carbonyl (C=O) groups is 1. The summed E-state index contributed by atoms with van der Waals surface area (Å²) < 4.78 is 0. The Hall–Kier alpha value is -2.15. The van der Waals surface area contributed by atoms with Gasteiger partial charge in [0.2, 0.25) is 0 Å². The lowest BCUT2D eigenvalue weighted by Gasteiger charge is -2.12. The van der Waals surface area contributed by atoms with Crippen molar-refractivity contribution < 1.29 is 9.72 Å². The molecule has 1 fully saturated rings. The van der Waals surface area contributed by atoms with Crippen molar-refractivity contribution in [2.75, 3.05) is 5.43 Å². The summed E-state index contributed by atoms with van der Waals surface area (Å²) >= 11 is 0. The van der Waals surface area contributed by atoms with Crippen LogP contribution in [0.4, 0.5) is 11.4 Å². The summed E-state index contributed by atoms with van der Waals surface area (Å²) in [6, 6.07) is 4.24. The second-order valence-electron chi connectivity index (χ2n) is 4.59. The number of hydrazine groups is 1. The third-order valence-corrected chi connectivity index (χ3v) is 3.29. The fraction of sp³-hybridized carbons (Fsp3) is 0.417. The molecule has 1 aromatic rings. The molecule has 0 heterocycles. The Morgan fingerprint density at radius 1 is 1.37 bits per heavy atom. The SMILES string of the molecule is NNc1ccc([N+](=O)[O-])c(C(=O)NC2CCCC2)c1. The van der Waals surface area contributed by atoms with Crippen LogP contribution in [0.2, 0.25) is 0 Å². The van der Waals surface area contributed by atoms with Crippen LogP contribution >= 0.6 is 0 Å². The van der Waals surface area contributed by atoms with E-state index < -0.39 is 10.8 Å². The highest BCUT2D eigenvalue weighted by atomic mass is 16.6. The number of benzene rings is 1. The van der Waals surface area contributed by atoms with Crippen molar-refractivity contribution >= 4 is 17.3 Å². The number of carbonyl (C=O) groups excluding carboxylic acids is 1. The second-order valence-corrected chi connectivity index (χ2v) is 4.59. The Morgan fingerprint density at radius 3 is 2.63 bits per heavy atom. The lowest BCUT2D eigenvalue weighted by molar-refractivity contribution is -0.385. The van der Waals surface area contributed by atoms with Crippen LogP contribution in [0.3, 0.4) is 0 Å². The average Bonchev–Trinajstić information content (AvgIpc) is 2.90. The molecule has 0 bridgehead atoms. The topological polar surface area (TPSA) is 110 Å². The first-order chi connectivity index (χ1) is 9.11. The molecule has 1 saturated carbocycles. The van der Waals surface area contributed by atoms with Gasteiger partial charge >= 0.3 is 0 Å². The minimum absolute atomic E-state index is 0.0346. The van der Waals surface area contributed by atoms with E-state index in [1.54, 1.807) is 0 Å². The first-order valence-electron chi connectivity index (χ1n) is 6.17. The monoisotopic (exact) mass is 264 g/mol. The van der Waals surface area contributed by atoms with Gasteiger partial charge in [0, 0.05) is 17.8 Å². The van der Waals surface area contributed by atoms with E-state index in [0.29, 0.717) is 5.69 Å². The molecule has 0 atom stereocenters. The molecule has 1 amide bonds. The fourth-order valence-corrected chi connectivity index (χ4v) is 2.30. The number of nitrogens with two attached hydrogens (primary N) is 1. The van der Waals surface area contributed by atoms with E-state index in [1.165, 1.54) is 18.2 Å². The lowest BCUT2D eigenvalue weighted by Crippen LogP contribution is -2.33. The Morgan fingerprint density at radius 2 is 2.05 bits per heavy atom. The minimum Gasteiger partial charge on any atom is -0.349 e. The van der Waals surface area contributed by atoms with Crippen LogP contribution in [-0.2, 0) is 0 Å². The van der Waals surface area contributed by atoms with Crippen molar-refractivity contribution in [1.29, 1.82) is 0 Å². The summed E-state index contributed by atoms with van der Waals surface area (Å²) in [5, 5.41) is 13.8. The number of hydrogen-bond acceptors (Lipinski definition) is 5. The predicted octanol–water partition coefficient (Wildman–Crippen LogP) is 1.55. The first-order valence-corrected chi connectivity index (χ1v) is 6.17. The van der Waals surface area contributed by atoms with Crippen LogP contribution in [-0.4, -0.2) is 16.9 Å². The average molecular weight is 264 g/mol. The normalized spacial score (nSPS) is 15.2. The summed E-state index contributed by atoms with van der Waals surface area (Å²) in [6.07, 6.45) is 4.01. The van der Waals surface area contributed by atoms with Gasteiger partial charge in [-0.25, -0.2) is 0 Å². The van der Waals surface area contributed by atoms with Crippen LogP contribution in [0.15, 0.2) is 18.2 Å². The predicted molar refractivity (Wildman–Crippen MR) is 70.6 cm³/mol. The number of rotatable bonds is 4. The smallest absolute Gasteiger partial charge is 0.282 e. The van der Waals surface area contributed by atoms with Crippen molar-refractivity contribution in [2.24, 2.45) is 5.84 Å². The van der Waals surface area contributed by atoms with E-state index in [1.807, 2.05) is 0 Å². The molecule has 4 N–H and O–H groups in total. The van der Waals surface area contributed by atoms with E-state index in [9.17, 15) is 14.9 Å². The van der Waals surface area contributed by atoms with Crippen LogP contribution in [0.1, 0.15) is 36.0 Å². The van der Waals surface area contributed by atoms with Gasteiger partial charge in [0.1, 0.15) is 5.56 Å². The van der Waals surface area contributed by atoms with Gasteiger partial charge in [-0.05, 0) is 25.0 Å². The molecule has 1 aromatic carbocycles. The van der Waals surface area contributed by atoms with Crippen LogP contribution in [0.5, 0.6) is 0 Å². The van der Waals surface area contributed by atoms with Crippen LogP contribution in [0, 0.1) is 10.1 Å².